The molecule has 1 amide bonds. The maximum absolute atomic E-state index is 13.6. The minimum Gasteiger partial charge on any atom is -0.506 e. The van der Waals surface area contributed by atoms with Gasteiger partial charge in [0.25, 0.3) is 0 Å². The molecule has 0 atom stereocenters. The fourth-order valence-electron chi connectivity index (χ4n) is 4.55. The summed E-state index contributed by atoms with van der Waals surface area (Å²) >= 11 is 5.92. The third-order valence-electron chi connectivity index (χ3n) is 6.23. The van der Waals surface area contributed by atoms with Crippen molar-refractivity contribution in [2.45, 2.75) is 35.3 Å². The molecule has 6 nitrogen and oxygen atoms in total. The van der Waals surface area contributed by atoms with E-state index in [0.717, 1.165) is 18.5 Å². The highest BCUT2D eigenvalue weighted by atomic mass is 35.5. The van der Waals surface area contributed by atoms with Gasteiger partial charge < -0.3 is 14.9 Å². The number of para-hydroxylation sites is 2. The van der Waals surface area contributed by atoms with E-state index in [-0.39, 0.29) is 16.6 Å². The molecule has 0 spiro atoms. The Hall–Kier alpha value is -2.25. The van der Waals surface area contributed by atoms with Gasteiger partial charge >= 0.3 is 0 Å². The zero-order chi connectivity index (χ0) is 21.4. The van der Waals surface area contributed by atoms with Gasteiger partial charge in [0.05, 0.1) is 10.6 Å². The van der Waals surface area contributed by atoms with E-state index in [9.17, 15) is 18.3 Å². The highest BCUT2D eigenvalue weighted by Crippen LogP contribution is 2.42. The van der Waals surface area contributed by atoms with Gasteiger partial charge in [-0.1, -0.05) is 36.6 Å². The Kier molecular flexibility index (Phi) is 5.68. The van der Waals surface area contributed by atoms with Crippen LogP contribution in [-0.2, 0) is 14.6 Å². The van der Waals surface area contributed by atoms with Gasteiger partial charge in [-0.15, -0.1) is 0 Å². The Balaban J connectivity index is 1.56. The molecule has 30 heavy (non-hydrogen) atoms. The van der Waals surface area contributed by atoms with E-state index in [2.05, 4.69) is 0 Å². The molecule has 1 heterocycles. The summed E-state index contributed by atoms with van der Waals surface area (Å²) in [6, 6.07) is 13.2. The lowest BCUT2D eigenvalue weighted by molar-refractivity contribution is -0.134. The number of benzene rings is 2. The van der Waals surface area contributed by atoms with Crippen LogP contribution in [0.2, 0.25) is 5.02 Å². The van der Waals surface area contributed by atoms with Gasteiger partial charge in [-0.3, -0.25) is 4.79 Å². The van der Waals surface area contributed by atoms with Crippen molar-refractivity contribution in [1.82, 2.24) is 4.90 Å². The van der Waals surface area contributed by atoms with E-state index >= 15 is 0 Å². The summed E-state index contributed by atoms with van der Waals surface area (Å²) in [4.78, 5) is 17.4. The average Bonchev–Trinajstić information content (AvgIpc) is 3.26. The predicted molar refractivity (Wildman–Crippen MR) is 117 cm³/mol. The summed E-state index contributed by atoms with van der Waals surface area (Å²) < 4.78 is 25.7. The molecule has 0 bridgehead atoms. The van der Waals surface area contributed by atoms with Crippen molar-refractivity contribution in [3.8, 4) is 5.75 Å². The monoisotopic (exact) mass is 448 g/mol. The number of phenols is 1. The summed E-state index contributed by atoms with van der Waals surface area (Å²) in [6.45, 7) is 1.93. The Bertz CT molecular complexity index is 1030. The minimum absolute atomic E-state index is 0.148. The van der Waals surface area contributed by atoms with Crippen LogP contribution in [0.25, 0.3) is 0 Å². The molecule has 2 aromatic rings. The highest BCUT2D eigenvalue weighted by molar-refractivity contribution is 7.93. The van der Waals surface area contributed by atoms with E-state index in [4.69, 9.17) is 11.6 Å². The van der Waals surface area contributed by atoms with E-state index < -0.39 is 14.6 Å². The summed E-state index contributed by atoms with van der Waals surface area (Å²) in [6.07, 6.45) is 2.12. The number of carbonyl (C=O) groups excluding carboxylic acids is 1. The third kappa shape index (κ3) is 3.54. The van der Waals surface area contributed by atoms with Gasteiger partial charge in [-0.2, -0.15) is 0 Å². The van der Waals surface area contributed by atoms with Gasteiger partial charge in [0, 0.05) is 31.2 Å². The summed E-state index contributed by atoms with van der Waals surface area (Å²) in [5, 5.41) is 10.6. The maximum atomic E-state index is 13.6. The second-order valence-electron chi connectivity index (χ2n) is 7.93. The fraction of sp³-hybridized carbons (Fsp3) is 0.409. The van der Waals surface area contributed by atoms with Gasteiger partial charge in [-0.25, -0.2) is 8.42 Å². The topological polar surface area (TPSA) is 77.9 Å². The summed E-state index contributed by atoms with van der Waals surface area (Å²) in [5.41, 5.74) is 0.731. The van der Waals surface area contributed by atoms with Crippen molar-refractivity contribution in [3.05, 3.63) is 53.6 Å². The van der Waals surface area contributed by atoms with E-state index in [1.54, 1.807) is 29.2 Å². The normalized spacial score (nSPS) is 19.1. The summed E-state index contributed by atoms with van der Waals surface area (Å²) in [7, 11) is -3.84. The van der Waals surface area contributed by atoms with Crippen molar-refractivity contribution in [2.24, 2.45) is 0 Å². The smallest absolute Gasteiger partial charge is 0.244 e. The number of halogens is 1. The molecule has 0 unspecified atom stereocenters. The number of carbonyl (C=O) groups is 1. The maximum Gasteiger partial charge on any atom is 0.244 e. The van der Waals surface area contributed by atoms with Crippen molar-refractivity contribution in [3.63, 3.8) is 0 Å². The molecule has 4 rings (SSSR count). The Morgan fingerprint density at radius 2 is 1.53 bits per heavy atom. The molecule has 1 saturated heterocycles. The minimum atomic E-state index is -3.84. The second-order valence-corrected chi connectivity index (χ2v) is 10.6. The van der Waals surface area contributed by atoms with E-state index in [1.165, 1.54) is 12.1 Å². The van der Waals surface area contributed by atoms with Crippen LogP contribution in [0.3, 0.4) is 0 Å². The molecule has 1 saturated carbocycles. The summed E-state index contributed by atoms with van der Waals surface area (Å²) in [5.74, 6) is -0.0956. The van der Waals surface area contributed by atoms with Crippen molar-refractivity contribution >= 4 is 33.0 Å². The lowest BCUT2D eigenvalue weighted by atomic mass is 10.0. The zero-order valence-corrected chi connectivity index (χ0v) is 18.2. The Morgan fingerprint density at radius 1 is 0.933 bits per heavy atom. The van der Waals surface area contributed by atoms with Crippen LogP contribution in [-0.4, -0.2) is 55.3 Å². The molecule has 2 fully saturated rings. The third-order valence-corrected chi connectivity index (χ3v) is 8.99. The fourth-order valence-corrected chi connectivity index (χ4v) is 6.81. The number of aromatic hydroxyl groups is 1. The van der Waals surface area contributed by atoms with Gasteiger partial charge in [0.15, 0.2) is 14.6 Å². The van der Waals surface area contributed by atoms with E-state index in [0.29, 0.717) is 44.0 Å². The highest BCUT2D eigenvalue weighted by Gasteiger charge is 2.54. The van der Waals surface area contributed by atoms with Crippen LogP contribution in [0.15, 0.2) is 53.4 Å². The Labute approximate surface area is 182 Å². The number of rotatable bonds is 4. The predicted octanol–water partition coefficient (Wildman–Crippen LogP) is 3.48. The number of anilines is 1. The first kappa shape index (κ1) is 21.0. The van der Waals surface area contributed by atoms with Crippen LogP contribution in [0, 0.1) is 0 Å². The number of sulfone groups is 1. The van der Waals surface area contributed by atoms with Gasteiger partial charge in [0.1, 0.15) is 5.75 Å². The second kappa shape index (κ2) is 8.12. The number of nitrogens with zero attached hydrogens (tertiary/aromatic N) is 2. The van der Waals surface area contributed by atoms with Gasteiger partial charge in [0.2, 0.25) is 5.91 Å². The average molecular weight is 449 g/mol. The van der Waals surface area contributed by atoms with Crippen molar-refractivity contribution in [1.29, 1.82) is 0 Å². The number of hydrogen-bond donors (Lipinski definition) is 1. The SMILES string of the molecule is O=C(N1CCN(c2ccccc2O)CC1)C1(S(=O)(=O)c2ccc(Cl)cc2)CCCC1. The quantitative estimate of drug-likeness (QED) is 0.774. The number of piperazine rings is 1. The first-order chi connectivity index (χ1) is 14.3. The van der Waals surface area contributed by atoms with Crippen molar-refractivity contribution in [2.75, 3.05) is 31.1 Å². The molecule has 1 aliphatic carbocycles. The van der Waals surface area contributed by atoms with E-state index in [1.807, 2.05) is 17.0 Å². The standard InChI is InChI=1S/C22H25ClN2O4S/c23-17-7-9-18(10-8-17)30(28,29)22(11-3-4-12-22)21(27)25-15-13-24(14-16-25)19-5-1-2-6-20(19)26/h1-2,5-10,26H,3-4,11-16H2. The molecule has 8 heteroatoms. The van der Waals surface area contributed by atoms with Crippen LogP contribution in [0.1, 0.15) is 25.7 Å². The number of amides is 1. The molecule has 1 aliphatic heterocycles. The molecule has 1 N–H and O–H groups in total. The van der Waals surface area contributed by atoms with Crippen molar-refractivity contribution < 1.29 is 18.3 Å². The zero-order valence-electron chi connectivity index (χ0n) is 16.6. The molecule has 2 aliphatic rings. The molecule has 0 aromatic heterocycles. The lowest BCUT2D eigenvalue weighted by Gasteiger charge is -2.40. The number of hydrogen-bond acceptors (Lipinski definition) is 5. The number of phenolic OH excluding ortho intramolecular Hbond substituents is 1. The molecule has 0 radical (unpaired) electrons. The van der Waals surface area contributed by atoms with Crippen LogP contribution >= 0.6 is 11.6 Å². The molecular weight excluding hydrogens is 424 g/mol. The van der Waals surface area contributed by atoms with Crippen LogP contribution in [0.5, 0.6) is 5.75 Å². The molecule has 160 valence electrons. The Morgan fingerprint density at radius 3 is 2.13 bits per heavy atom. The first-order valence-electron chi connectivity index (χ1n) is 10.2. The van der Waals surface area contributed by atoms with Gasteiger partial charge in [-0.05, 0) is 49.2 Å². The van der Waals surface area contributed by atoms with Crippen LogP contribution < -0.4 is 4.90 Å². The largest absolute Gasteiger partial charge is 0.506 e. The lowest BCUT2D eigenvalue weighted by Crippen LogP contribution is -2.57. The first-order valence-corrected chi connectivity index (χ1v) is 12.0. The van der Waals surface area contributed by atoms with Crippen LogP contribution in [0.4, 0.5) is 5.69 Å². The molecule has 2 aromatic carbocycles. The molecular formula is C22H25ClN2O4S.